The van der Waals surface area contributed by atoms with Crippen molar-refractivity contribution >= 4 is 39.5 Å². The van der Waals surface area contributed by atoms with Crippen LogP contribution in [0, 0.1) is 6.92 Å². The Hall–Kier alpha value is -3.17. The average molecular weight is 437 g/mol. The van der Waals surface area contributed by atoms with Crippen molar-refractivity contribution in [2.75, 3.05) is 0 Å². The van der Waals surface area contributed by atoms with Crippen LogP contribution in [0.5, 0.6) is 0 Å². The van der Waals surface area contributed by atoms with E-state index >= 15 is 0 Å². The molecule has 2 aromatic heterocycles. The summed E-state index contributed by atoms with van der Waals surface area (Å²) in [5.41, 5.74) is 3.83. The zero-order chi connectivity index (χ0) is 21.1. The Morgan fingerprint density at radius 2 is 1.77 bits per heavy atom. The number of benzene rings is 2. The summed E-state index contributed by atoms with van der Waals surface area (Å²) in [5, 5.41) is 19.6. The molecule has 2 N–H and O–H groups in total. The molecule has 0 aliphatic carbocycles. The monoisotopic (exact) mass is 436 g/mol. The van der Waals surface area contributed by atoms with Gasteiger partial charge in [0.05, 0.1) is 0 Å². The topological polar surface area (TPSA) is 84.2 Å². The van der Waals surface area contributed by atoms with E-state index in [4.69, 9.17) is 12.2 Å². The Morgan fingerprint density at radius 3 is 2.43 bits per heavy atom. The first-order valence-corrected chi connectivity index (χ1v) is 10.7. The van der Waals surface area contributed by atoms with E-state index < -0.39 is 0 Å². The van der Waals surface area contributed by atoms with E-state index in [9.17, 15) is 4.79 Å². The Morgan fingerprint density at radius 1 is 1.07 bits per heavy atom. The largest absolute Gasteiger partial charge is 0.358 e. The molecule has 0 aliphatic rings. The van der Waals surface area contributed by atoms with Gasteiger partial charge < -0.3 is 5.32 Å². The number of nitrogens with zero attached hydrogens (tertiary/aromatic N) is 4. The first-order chi connectivity index (χ1) is 14.5. The highest BCUT2D eigenvalue weighted by atomic mass is 32.1. The van der Waals surface area contributed by atoms with Crippen LogP contribution in [0.15, 0.2) is 48.5 Å². The molecule has 30 heavy (non-hydrogen) atoms. The summed E-state index contributed by atoms with van der Waals surface area (Å²) in [4.78, 5) is 13.1. The van der Waals surface area contributed by atoms with Crippen LogP contribution in [0.4, 0.5) is 0 Å². The van der Waals surface area contributed by atoms with Gasteiger partial charge in [-0.3, -0.25) is 10.1 Å². The molecule has 4 aromatic rings. The lowest BCUT2D eigenvalue weighted by Crippen LogP contribution is -2.38. The lowest BCUT2D eigenvalue weighted by Gasteiger charge is -2.10. The standard InChI is InChI=1S/C21H20N6OS2/c1-3-14-4-8-16(9-5-14)18(28)23-20(29)22-12-15-6-10-17(11-7-15)19-26-27-13(2)24-25-21(27)30-19/h4-11H,3,12H2,1-2H3,(H2,22,23,28,29). The minimum absolute atomic E-state index is 0.218. The maximum absolute atomic E-state index is 12.3. The number of carbonyl (C=O) groups is 1. The number of carbonyl (C=O) groups excluding carboxylic acids is 1. The summed E-state index contributed by atoms with van der Waals surface area (Å²) in [7, 11) is 0. The molecule has 7 nitrogen and oxygen atoms in total. The second-order valence-electron chi connectivity index (χ2n) is 6.73. The number of amides is 1. The molecule has 0 bridgehead atoms. The first kappa shape index (κ1) is 20.1. The van der Waals surface area contributed by atoms with E-state index in [-0.39, 0.29) is 5.91 Å². The van der Waals surface area contributed by atoms with Gasteiger partial charge in [0.1, 0.15) is 5.01 Å². The summed E-state index contributed by atoms with van der Waals surface area (Å²) < 4.78 is 1.74. The van der Waals surface area contributed by atoms with Gasteiger partial charge in [-0.25, -0.2) is 0 Å². The van der Waals surface area contributed by atoms with Crippen molar-refractivity contribution in [3.8, 4) is 10.6 Å². The predicted octanol–water partition coefficient (Wildman–Crippen LogP) is 3.53. The lowest BCUT2D eigenvalue weighted by atomic mass is 10.1. The van der Waals surface area contributed by atoms with Crippen molar-refractivity contribution in [1.29, 1.82) is 0 Å². The number of thiocarbonyl (C=S) groups is 1. The highest BCUT2D eigenvalue weighted by molar-refractivity contribution is 7.80. The van der Waals surface area contributed by atoms with Crippen molar-refractivity contribution in [2.24, 2.45) is 0 Å². The smallest absolute Gasteiger partial charge is 0.257 e. The van der Waals surface area contributed by atoms with Crippen molar-refractivity contribution in [3.63, 3.8) is 0 Å². The van der Waals surface area contributed by atoms with Gasteiger partial charge >= 0.3 is 0 Å². The molecule has 1 amide bonds. The number of rotatable bonds is 5. The maximum atomic E-state index is 12.3. The summed E-state index contributed by atoms with van der Waals surface area (Å²) in [6.07, 6.45) is 0.938. The molecule has 2 heterocycles. The van der Waals surface area contributed by atoms with Gasteiger partial charge in [0.25, 0.3) is 5.91 Å². The number of fused-ring (bicyclic) bond motifs is 1. The molecular formula is C21H20N6OS2. The fraction of sp³-hybridized carbons (Fsp3) is 0.190. The number of hydrogen-bond acceptors (Lipinski definition) is 6. The molecule has 0 atom stereocenters. The molecule has 0 spiro atoms. The lowest BCUT2D eigenvalue weighted by molar-refractivity contribution is 0.0976. The van der Waals surface area contributed by atoms with Crippen LogP contribution in [0.1, 0.15) is 34.2 Å². The fourth-order valence-corrected chi connectivity index (χ4v) is 3.95. The van der Waals surface area contributed by atoms with Crippen molar-refractivity contribution < 1.29 is 4.79 Å². The Balaban J connectivity index is 1.33. The third-order valence-corrected chi connectivity index (χ3v) is 5.85. The molecule has 2 aromatic carbocycles. The van der Waals surface area contributed by atoms with Gasteiger partial charge in [-0.1, -0.05) is 54.7 Å². The van der Waals surface area contributed by atoms with Crippen LogP contribution in [0.25, 0.3) is 15.5 Å². The van der Waals surface area contributed by atoms with E-state index in [1.165, 1.54) is 16.9 Å². The minimum atomic E-state index is -0.218. The second-order valence-corrected chi connectivity index (χ2v) is 8.10. The maximum Gasteiger partial charge on any atom is 0.257 e. The summed E-state index contributed by atoms with van der Waals surface area (Å²) in [6, 6.07) is 15.5. The minimum Gasteiger partial charge on any atom is -0.358 e. The van der Waals surface area contributed by atoms with Crippen LogP contribution in [0.3, 0.4) is 0 Å². The van der Waals surface area contributed by atoms with Crippen LogP contribution in [0.2, 0.25) is 0 Å². The van der Waals surface area contributed by atoms with Gasteiger partial charge in [0.2, 0.25) is 4.96 Å². The van der Waals surface area contributed by atoms with Gasteiger partial charge in [-0.05, 0) is 48.8 Å². The predicted molar refractivity (Wildman–Crippen MR) is 122 cm³/mol. The molecule has 9 heteroatoms. The van der Waals surface area contributed by atoms with Crippen molar-refractivity contribution in [1.82, 2.24) is 30.4 Å². The summed E-state index contributed by atoms with van der Waals surface area (Å²) in [6.45, 7) is 4.47. The van der Waals surface area contributed by atoms with Crippen LogP contribution in [-0.2, 0) is 13.0 Å². The molecule has 0 saturated heterocycles. The average Bonchev–Trinajstić information content (AvgIpc) is 3.35. The molecule has 152 valence electrons. The van der Waals surface area contributed by atoms with Crippen LogP contribution >= 0.6 is 23.6 Å². The van der Waals surface area contributed by atoms with Gasteiger partial charge in [-0.15, -0.1) is 10.2 Å². The fourth-order valence-electron chi connectivity index (χ4n) is 2.89. The van der Waals surface area contributed by atoms with E-state index in [2.05, 4.69) is 32.9 Å². The molecule has 0 saturated carbocycles. The molecule has 0 fully saturated rings. The SMILES string of the molecule is CCc1ccc(C(=O)NC(=S)NCc2ccc(-c3nn4c(C)nnc4s3)cc2)cc1. The van der Waals surface area contributed by atoms with E-state index in [1.807, 2.05) is 55.5 Å². The van der Waals surface area contributed by atoms with E-state index in [1.54, 1.807) is 4.52 Å². The van der Waals surface area contributed by atoms with E-state index in [0.717, 1.165) is 33.3 Å². The molecule has 0 unspecified atom stereocenters. The molecular weight excluding hydrogens is 416 g/mol. The molecule has 0 radical (unpaired) electrons. The summed E-state index contributed by atoms with van der Waals surface area (Å²) in [5.74, 6) is 0.550. The van der Waals surface area contributed by atoms with Gasteiger partial charge in [-0.2, -0.15) is 9.61 Å². The van der Waals surface area contributed by atoms with Gasteiger partial charge in [0.15, 0.2) is 10.9 Å². The highest BCUT2D eigenvalue weighted by Crippen LogP contribution is 2.25. The number of aryl methyl sites for hydroxylation is 2. The normalized spacial score (nSPS) is 10.9. The Labute approximate surface area is 183 Å². The first-order valence-electron chi connectivity index (χ1n) is 9.50. The third-order valence-electron chi connectivity index (χ3n) is 4.65. The zero-order valence-corrected chi connectivity index (χ0v) is 18.2. The molecule has 4 rings (SSSR count). The second kappa shape index (κ2) is 8.68. The van der Waals surface area contributed by atoms with Crippen molar-refractivity contribution in [3.05, 3.63) is 71.0 Å². The quantitative estimate of drug-likeness (QED) is 0.466. The number of nitrogens with one attached hydrogen (secondary N) is 2. The highest BCUT2D eigenvalue weighted by Gasteiger charge is 2.11. The van der Waals surface area contributed by atoms with Crippen LogP contribution in [-0.4, -0.2) is 30.8 Å². The molecule has 0 aliphatic heterocycles. The zero-order valence-electron chi connectivity index (χ0n) is 16.5. The van der Waals surface area contributed by atoms with E-state index in [0.29, 0.717) is 17.2 Å². The number of hydrogen-bond donors (Lipinski definition) is 2. The Bertz CT molecular complexity index is 1190. The summed E-state index contributed by atoms with van der Waals surface area (Å²) >= 11 is 6.75. The number of aromatic nitrogens is 4. The van der Waals surface area contributed by atoms with Crippen LogP contribution < -0.4 is 10.6 Å². The van der Waals surface area contributed by atoms with Crippen molar-refractivity contribution in [2.45, 2.75) is 26.8 Å². The Kier molecular flexibility index (Phi) is 5.82. The third kappa shape index (κ3) is 4.37. The van der Waals surface area contributed by atoms with Gasteiger partial charge in [0, 0.05) is 17.7 Å².